The van der Waals surface area contributed by atoms with Crippen LogP contribution in [0.5, 0.6) is 5.75 Å². The zero-order valence-corrected chi connectivity index (χ0v) is 10.2. The summed E-state index contributed by atoms with van der Waals surface area (Å²) in [5.74, 6) is 0.798. The largest absolute Gasteiger partial charge is 0.479 e. The molecule has 2 rings (SSSR count). The lowest BCUT2D eigenvalue weighted by molar-refractivity contribution is -0.135. The number of hydrogen-bond acceptors (Lipinski definition) is 4. The Morgan fingerprint density at radius 1 is 1.29 bits per heavy atom. The van der Waals surface area contributed by atoms with Crippen LogP contribution in [0.4, 0.5) is 0 Å². The fourth-order valence-electron chi connectivity index (χ4n) is 2.23. The Kier molecular flexibility index (Phi) is 3.66. The maximum Gasteiger partial charge on any atom is 0.181 e. The number of aliphatic hydroxyl groups excluding tert-OH is 1. The molecule has 0 aliphatic carbocycles. The molecule has 0 saturated heterocycles. The summed E-state index contributed by atoms with van der Waals surface area (Å²) in [6.07, 6.45) is -0.0691. The lowest BCUT2D eigenvalue weighted by atomic mass is 9.89. The summed E-state index contributed by atoms with van der Waals surface area (Å²) in [4.78, 5) is 0. The number of ether oxygens (including phenoxy) is 3. The molecule has 1 aliphatic rings. The van der Waals surface area contributed by atoms with Gasteiger partial charge in [0.05, 0.1) is 13.2 Å². The van der Waals surface area contributed by atoms with Crippen LogP contribution in [0.1, 0.15) is 5.56 Å². The fraction of sp³-hybridized carbons (Fsp3) is 0.538. The van der Waals surface area contributed by atoms with Crippen molar-refractivity contribution in [3.8, 4) is 5.75 Å². The Morgan fingerprint density at radius 2 is 1.94 bits per heavy atom. The number of rotatable bonds is 4. The molecule has 0 amide bonds. The van der Waals surface area contributed by atoms with E-state index in [-0.39, 0.29) is 0 Å². The van der Waals surface area contributed by atoms with Crippen LogP contribution in [-0.2, 0) is 15.9 Å². The molecule has 0 bridgehead atoms. The van der Waals surface area contributed by atoms with Gasteiger partial charge >= 0.3 is 0 Å². The minimum Gasteiger partial charge on any atom is -0.479 e. The second-order valence-electron chi connectivity index (χ2n) is 4.36. The molecule has 0 radical (unpaired) electrons. The van der Waals surface area contributed by atoms with Crippen molar-refractivity contribution < 1.29 is 19.3 Å². The van der Waals surface area contributed by atoms with Gasteiger partial charge in [-0.05, 0) is 11.6 Å². The molecule has 0 spiro atoms. The van der Waals surface area contributed by atoms with Gasteiger partial charge in [-0.1, -0.05) is 18.2 Å². The molecule has 1 aromatic carbocycles. The van der Waals surface area contributed by atoms with Gasteiger partial charge in [-0.15, -0.1) is 0 Å². The third-order valence-electron chi connectivity index (χ3n) is 3.08. The highest BCUT2D eigenvalue weighted by Gasteiger charge is 2.44. The van der Waals surface area contributed by atoms with E-state index < -0.39 is 11.7 Å². The van der Waals surface area contributed by atoms with Crippen molar-refractivity contribution in [2.24, 2.45) is 0 Å². The van der Waals surface area contributed by atoms with Gasteiger partial charge in [-0.2, -0.15) is 0 Å². The number of fused-ring (bicyclic) bond motifs is 1. The standard InChI is InChI=1S/C13H18O4/c1-15-8-13(9-16-2)12(14)7-10-5-3-4-6-11(10)17-13/h3-6,12,14H,7-9H2,1-2H3. The van der Waals surface area contributed by atoms with Gasteiger partial charge in [-0.3, -0.25) is 0 Å². The minimum absolute atomic E-state index is 0.302. The molecule has 0 saturated carbocycles. The van der Waals surface area contributed by atoms with E-state index in [2.05, 4.69) is 0 Å². The topological polar surface area (TPSA) is 47.9 Å². The molecule has 1 aromatic rings. The maximum absolute atomic E-state index is 10.2. The Bertz CT molecular complexity index is 371. The quantitative estimate of drug-likeness (QED) is 0.850. The molecule has 1 atom stereocenters. The summed E-state index contributed by atoms with van der Waals surface area (Å²) in [5, 5.41) is 10.2. The van der Waals surface area contributed by atoms with E-state index in [1.807, 2.05) is 24.3 Å². The molecule has 1 N–H and O–H groups in total. The van der Waals surface area contributed by atoms with Crippen LogP contribution in [-0.4, -0.2) is 44.2 Å². The molecule has 17 heavy (non-hydrogen) atoms. The Hall–Kier alpha value is -1.10. The van der Waals surface area contributed by atoms with Gasteiger partial charge in [0.15, 0.2) is 5.60 Å². The monoisotopic (exact) mass is 238 g/mol. The predicted octanol–water partition coefficient (Wildman–Crippen LogP) is 1.01. The van der Waals surface area contributed by atoms with Crippen molar-refractivity contribution >= 4 is 0 Å². The van der Waals surface area contributed by atoms with Crippen LogP contribution in [0, 0.1) is 0 Å². The Labute approximate surface area is 101 Å². The van der Waals surface area contributed by atoms with Crippen molar-refractivity contribution in [1.82, 2.24) is 0 Å². The average molecular weight is 238 g/mol. The van der Waals surface area contributed by atoms with Crippen molar-refractivity contribution in [3.05, 3.63) is 29.8 Å². The summed E-state index contributed by atoms with van der Waals surface area (Å²) in [6, 6.07) is 7.72. The van der Waals surface area contributed by atoms with Crippen LogP contribution in [0.25, 0.3) is 0 Å². The van der Waals surface area contributed by atoms with Gasteiger partial charge in [0.2, 0.25) is 0 Å². The lowest BCUT2D eigenvalue weighted by Gasteiger charge is -2.41. The van der Waals surface area contributed by atoms with Crippen LogP contribution in [0.2, 0.25) is 0 Å². The van der Waals surface area contributed by atoms with Crippen molar-refractivity contribution in [3.63, 3.8) is 0 Å². The number of hydrogen-bond donors (Lipinski definition) is 1. The van der Waals surface area contributed by atoms with Crippen molar-refractivity contribution in [2.45, 2.75) is 18.1 Å². The summed E-state index contributed by atoms with van der Waals surface area (Å²) in [7, 11) is 3.18. The first-order valence-electron chi connectivity index (χ1n) is 5.65. The first-order chi connectivity index (χ1) is 8.22. The van der Waals surface area contributed by atoms with E-state index in [1.165, 1.54) is 0 Å². The highest BCUT2D eigenvalue weighted by molar-refractivity contribution is 5.37. The molecular weight excluding hydrogens is 220 g/mol. The van der Waals surface area contributed by atoms with Crippen LogP contribution in [0.15, 0.2) is 24.3 Å². The molecule has 1 unspecified atom stereocenters. The molecule has 1 aliphatic heterocycles. The second kappa shape index (κ2) is 5.04. The predicted molar refractivity (Wildman–Crippen MR) is 63.3 cm³/mol. The number of benzene rings is 1. The van der Waals surface area contributed by atoms with Gasteiger partial charge in [0.1, 0.15) is 11.9 Å². The molecule has 94 valence electrons. The van der Waals surface area contributed by atoms with Gasteiger partial charge in [0, 0.05) is 20.6 Å². The fourth-order valence-corrected chi connectivity index (χ4v) is 2.23. The van der Waals surface area contributed by atoms with Crippen LogP contribution in [0.3, 0.4) is 0 Å². The summed E-state index contributed by atoms with van der Waals surface area (Å²) in [6.45, 7) is 0.604. The van der Waals surface area contributed by atoms with Gasteiger partial charge in [-0.25, -0.2) is 0 Å². The minimum atomic E-state index is -0.808. The number of methoxy groups -OCH3 is 2. The highest BCUT2D eigenvalue weighted by Crippen LogP contribution is 2.33. The molecular formula is C13H18O4. The van der Waals surface area contributed by atoms with E-state index in [1.54, 1.807) is 14.2 Å². The first-order valence-corrected chi connectivity index (χ1v) is 5.65. The Balaban J connectivity index is 2.30. The van der Waals surface area contributed by atoms with Crippen LogP contribution >= 0.6 is 0 Å². The second-order valence-corrected chi connectivity index (χ2v) is 4.36. The van der Waals surface area contributed by atoms with Gasteiger partial charge < -0.3 is 19.3 Å². The average Bonchev–Trinajstić information content (AvgIpc) is 2.31. The van der Waals surface area contributed by atoms with Crippen LogP contribution < -0.4 is 4.74 Å². The summed E-state index contributed by atoms with van der Waals surface area (Å²) < 4.78 is 16.2. The van der Waals surface area contributed by atoms with Crippen molar-refractivity contribution in [2.75, 3.05) is 27.4 Å². The normalized spacial score (nSPS) is 21.7. The smallest absolute Gasteiger partial charge is 0.181 e. The highest BCUT2D eigenvalue weighted by atomic mass is 16.6. The molecule has 0 fully saturated rings. The number of aliphatic hydroxyl groups is 1. The van der Waals surface area contributed by atoms with E-state index >= 15 is 0 Å². The SMILES string of the molecule is COCC1(COC)Oc2ccccc2CC1O. The van der Waals surface area contributed by atoms with E-state index in [0.29, 0.717) is 19.6 Å². The summed E-state index contributed by atoms with van der Waals surface area (Å²) in [5.41, 5.74) is 0.209. The third kappa shape index (κ3) is 2.29. The van der Waals surface area contributed by atoms with Gasteiger partial charge in [0.25, 0.3) is 0 Å². The van der Waals surface area contributed by atoms with E-state index in [0.717, 1.165) is 11.3 Å². The molecule has 4 heteroatoms. The lowest BCUT2D eigenvalue weighted by Crippen LogP contribution is -2.57. The number of para-hydroxylation sites is 1. The zero-order valence-electron chi connectivity index (χ0n) is 10.2. The maximum atomic E-state index is 10.2. The zero-order chi connectivity index (χ0) is 12.3. The first kappa shape index (κ1) is 12.4. The van der Waals surface area contributed by atoms with E-state index in [4.69, 9.17) is 14.2 Å². The van der Waals surface area contributed by atoms with E-state index in [9.17, 15) is 5.11 Å². The molecule has 0 aromatic heterocycles. The molecule has 1 heterocycles. The molecule has 4 nitrogen and oxygen atoms in total. The Morgan fingerprint density at radius 3 is 2.59 bits per heavy atom. The third-order valence-corrected chi connectivity index (χ3v) is 3.08. The van der Waals surface area contributed by atoms with Crippen molar-refractivity contribution in [1.29, 1.82) is 0 Å². The summed E-state index contributed by atoms with van der Waals surface area (Å²) >= 11 is 0.